The number of hydrogen-bond donors (Lipinski definition) is 0. The molecule has 1 aromatic rings. The van der Waals surface area contributed by atoms with Gasteiger partial charge >= 0.3 is 0 Å². The van der Waals surface area contributed by atoms with E-state index in [0.29, 0.717) is 12.0 Å². The third kappa shape index (κ3) is 2.06. The second-order valence-electron chi connectivity index (χ2n) is 5.74. The quantitative estimate of drug-likeness (QED) is 0.798. The molecular formula is C16H17NO2S. The average Bonchev–Trinajstić information content (AvgIpc) is 2.37. The summed E-state index contributed by atoms with van der Waals surface area (Å²) in [5, 5.41) is 8.64. The molecule has 2 bridgehead atoms. The zero-order valence-electron chi connectivity index (χ0n) is 11.5. The van der Waals surface area contributed by atoms with Crippen LogP contribution in [0.5, 0.6) is 0 Å². The highest BCUT2D eigenvalue weighted by molar-refractivity contribution is 7.93. The summed E-state index contributed by atoms with van der Waals surface area (Å²) in [7, 11) is -3.00. The van der Waals surface area contributed by atoms with Crippen LogP contribution in [0.3, 0.4) is 0 Å². The Labute approximate surface area is 119 Å². The van der Waals surface area contributed by atoms with Crippen LogP contribution in [0, 0.1) is 18.3 Å². The van der Waals surface area contributed by atoms with Gasteiger partial charge in [-0.15, -0.1) is 0 Å². The van der Waals surface area contributed by atoms with E-state index in [0.717, 1.165) is 36.0 Å². The summed E-state index contributed by atoms with van der Waals surface area (Å²) in [6, 6.07) is 7.96. The van der Waals surface area contributed by atoms with Crippen LogP contribution in [0.4, 0.5) is 0 Å². The highest BCUT2D eigenvalue weighted by Crippen LogP contribution is 2.39. The molecule has 0 aliphatic carbocycles. The molecule has 0 amide bonds. The van der Waals surface area contributed by atoms with Crippen molar-refractivity contribution >= 4 is 15.4 Å². The highest BCUT2D eigenvalue weighted by atomic mass is 32.2. The molecule has 1 fully saturated rings. The van der Waals surface area contributed by atoms with Crippen LogP contribution in [0.25, 0.3) is 5.57 Å². The molecule has 3 rings (SSSR count). The van der Waals surface area contributed by atoms with Crippen molar-refractivity contribution in [2.24, 2.45) is 0 Å². The lowest BCUT2D eigenvalue weighted by Gasteiger charge is -2.33. The minimum atomic E-state index is -3.00. The molecule has 2 heterocycles. The Morgan fingerprint density at radius 3 is 2.80 bits per heavy atom. The monoisotopic (exact) mass is 287 g/mol. The van der Waals surface area contributed by atoms with Gasteiger partial charge in [0.25, 0.3) is 0 Å². The van der Waals surface area contributed by atoms with E-state index < -0.39 is 9.84 Å². The normalized spacial score (nSPS) is 27.5. The molecule has 2 unspecified atom stereocenters. The molecule has 4 heteroatoms. The molecule has 0 N–H and O–H groups in total. The summed E-state index contributed by atoms with van der Waals surface area (Å²) in [5.74, 6) is 0. The Morgan fingerprint density at radius 2 is 2.10 bits per heavy atom. The van der Waals surface area contributed by atoms with Gasteiger partial charge in [-0.25, -0.2) is 8.42 Å². The van der Waals surface area contributed by atoms with Gasteiger partial charge in [0.2, 0.25) is 0 Å². The van der Waals surface area contributed by atoms with Gasteiger partial charge in [-0.2, -0.15) is 5.26 Å². The maximum atomic E-state index is 12.3. The van der Waals surface area contributed by atoms with Gasteiger partial charge in [0.15, 0.2) is 9.84 Å². The number of fused-ring (bicyclic) bond motifs is 2. The van der Waals surface area contributed by atoms with Gasteiger partial charge < -0.3 is 0 Å². The smallest absolute Gasteiger partial charge is 0.159 e. The summed E-state index contributed by atoms with van der Waals surface area (Å²) in [6.07, 6.45) is 4.90. The molecule has 2 aliphatic rings. The van der Waals surface area contributed by atoms with Crippen molar-refractivity contribution in [1.82, 2.24) is 0 Å². The minimum Gasteiger partial charge on any atom is -0.228 e. The summed E-state index contributed by atoms with van der Waals surface area (Å²) >= 11 is 0. The molecule has 20 heavy (non-hydrogen) atoms. The van der Waals surface area contributed by atoms with Crippen molar-refractivity contribution in [1.29, 1.82) is 5.26 Å². The standard InChI is InChI=1S/C16H17NO2S/c1-11-5-6-12(10-17)16(7-11)13-8-14-3-2-4-15(9-13)20(14,18)19/h5-8,14-15H,2-4,9H2,1H3. The molecule has 0 spiro atoms. The maximum Gasteiger partial charge on any atom is 0.159 e. The Bertz CT molecular complexity index is 725. The first-order chi connectivity index (χ1) is 9.52. The molecule has 0 radical (unpaired) electrons. The minimum absolute atomic E-state index is 0.256. The first-order valence-corrected chi connectivity index (χ1v) is 8.58. The molecule has 2 aliphatic heterocycles. The Hall–Kier alpha value is -1.60. The Morgan fingerprint density at radius 1 is 1.30 bits per heavy atom. The van der Waals surface area contributed by atoms with Gasteiger partial charge in [0.1, 0.15) is 0 Å². The topological polar surface area (TPSA) is 57.9 Å². The summed E-state index contributed by atoms with van der Waals surface area (Å²) in [6.45, 7) is 1.99. The molecule has 0 aromatic heterocycles. The van der Waals surface area contributed by atoms with Gasteiger partial charge in [-0.05, 0) is 43.4 Å². The molecule has 2 atom stereocenters. The highest BCUT2D eigenvalue weighted by Gasteiger charge is 2.40. The van der Waals surface area contributed by atoms with Crippen molar-refractivity contribution in [3.63, 3.8) is 0 Å². The lowest BCUT2D eigenvalue weighted by Crippen LogP contribution is -2.38. The van der Waals surface area contributed by atoms with Crippen molar-refractivity contribution in [2.75, 3.05) is 0 Å². The zero-order chi connectivity index (χ0) is 14.3. The van der Waals surface area contributed by atoms with Crippen LogP contribution in [0.15, 0.2) is 24.3 Å². The van der Waals surface area contributed by atoms with Crippen LogP contribution in [-0.2, 0) is 9.84 Å². The van der Waals surface area contributed by atoms with Crippen LogP contribution < -0.4 is 0 Å². The number of allylic oxidation sites excluding steroid dienone is 1. The number of nitrogens with zero attached hydrogens (tertiary/aromatic N) is 1. The maximum absolute atomic E-state index is 12.3. The van der Waals surface area contributed by atoms with E-state index in [-0.39, 0.29) is 10.5 Å². The van der Waals surface area contributed by atoms with Gasteiger partial charge in [0, 0.05) is 0 Å². The number of nitriles is 1. The van der Waals surface area contributed by atoms with Crippen LogP contribution in [0.2, 0.25) is 0 Å². The lowest BCUT2D eigenvalue weighted by atomic mass is 9.90. The first kappa shape index (κ1) is 13.4. The van der Waals surface area contributed by atoms with E-state index in [4.69, 9.17) is 0 Å². The van der Waals surface area contributed by atoms with E-state index in [1.165, 1.54) is 0 Å². The molecule has 0 saturated carbocycles. The number of sulfone groups is 1. The Balaban J connectivity index is 2.11. The fourth-order valence-electron chi connectivity index (χ4n) is 3.28. The van der Waals surface area contributed by atoms with Gasteiger partial charge in [-0.3, -0.25) is 0 Å². The second kappa shape index (κ2) is 4.75. The fraction of sp³-hybridized carbons (Fsp3) is 0.438. The van der Waals surface area contributed by atoms with E-state index in [1.807, 2.05) is 31.2 Å². The van der Waals surface area contributed by atoms with E-state index >= 15 is 0 Å². The van der Waals surface area contributed by atoms with Crippen LogP contribution >= 0.6 is 0 Å². The summed E-state index contributed by atoms with van der Waals surface area (Å²) in [5.41, 5.74) is 3.69. The molecule has 104 valence electrons. The third-order valence-electron chi connectivity index (χ3n) is 4.38. The van der Waals surface area contributed by atoms with E-state index in [9.17, 15) is 13.7 Å². The van der Waals surface area contributed by atoms with Crippen molar-refractivity contribution < 1.29 is 8.42 Å². The van der Waals surface area contributed by atoms with Gasteiger partial charge in [-0.1, -0.05) is 30.2 Å². The number of hydrogen-bond acceptors (Lipinski definition) is 3. The predicted octanol–water partition coefficient (Wildman–Crippen LogP) is 2.99. The van der Waals surface area contributed by atoms with E-state index in [1.54, 1.807) is 0 Å². The summed E-state index contributed by atoms with van der Waals surface area (Å²) < 4.78 is 24.6. The zero-order valence-corrected chi connectivity index (χ0v) is 12.3. The van der Waals surface area contributed by atoms with Gasteiger partial charge in [0.05, 0.1) is 22.1 Å². The largest absolute Gasteiger partial charge is 0.228 e. The molecule has 3 nitrogen and oxygen atoms in total. The van der Waals surface area contributed by atoms with Crippen molar-refractivity contribution in [2.45, 2.75) is 43.1 Å². The average molecular weight is 287 g/mol. The van der Waals surface area contributed by atoms with Crippen molar-refractivity contribution in [3.8, 4) is 6.07 Å². The van der Waals surface area contributed by atoms with E-state index in [2.05, 4.69) is 6.07 Å². The number of rotatable bonds is 1. The Kier molecular flexibility index (Phi) is 3.18. The molecule has 1 saturated heterocycles. The molecular weight excluding hydrogens is 270 g/mol. The van der Waals surface area contributed by atoms with Crippen LogP contribution in [-0.4, -0.2) is 18.9 Å². The van der Waals surface area contributed by atoms with Crippen LogP contribution in [0.1, 0.15) is 42.4 Å². The number of aryl methyl sites for hydroxylation is 1. The SMILES string of the molecule is Cc1ccc(C#N)c(C2=CC3CCCC(C2)S3(=O)=O)c1. The lowest BCUT2D eigenvalue weighted by molar-refractivity contribution is 0.518. The predicted molar refractivity (Wildman–Crippen MR) is 78.8 cm³/mol. The third-order valence-corrected chi connectivity index (χ3v) is 6.92. The first-order valence-electron chi connectivity index (χ1n) is 6.97. The molecule has 1 aromatic carbocycles. The summed E-state index contributed by atoms with van der Waals surface area (Å²) in [4.78, 5) is 0. The fourth-order valence-corrected chi connectivity index (χ4v) is 5.53. The second-order valence-corrected chi connectivity index (χ2v) is 8.19. The number of benzene rings is 1. The van der Waals surface area contributed by atoms with Crippen molar-refractivity contribution in [3.05, 3.63) is 41.0 Å².